The lowest BCUT2D eigenvalue weighted by molar-refractivity contribution is -0.385. The van der Waals surface area contributed by atoms with E-state index in [1.807, 2.05) is 0 Å². The molecular weight excluding hydrogens is 465 g/mol. The highest BCUT2D eigenvalue weighted by molar-refractivity contribution is 7.89. The number of amides is 1. The van der Waals surface area contributed by atoms with Gasteiger partial charge in [0.1, 0.15) is 0 Å². The van der Waals surface area contributed by atoms with Crippen molar-refractivity contribution < 1.29 is 31.3 Å². The fraction of sp³-hybridized carbons (Fsp3) is 0.350. The van der Waals surface area contributed by atoms with Crippen LogP contribution in [-0.2, 0) is 21.0 Å². The summed E-state index contributed by atoms with van der Waals surface area (Å²) in [6, 6.07) is 7.65. The number of nitro benzene ring substituents is 1. The molecule has 178 valence electrons. The van der Waals surface area contributed by atoms with Crippen molar-refractivity contribution in [3.63, 3.8) is 0 Å². The van der Waals surface area contributed by atoms with E-state index in [4.69, 9.17) is 0 Å². The van der Waals surface area contributed by atoms with Crippen LogP contribution in [0.3, 0.4) is 0 Å². The average molecular weight is 486 g/mol. The normalized spacial score (nSPS) is 15.9. The van der Waals surface area contributed by atoms with Crippen molar-refractivity contribution in [3.8, 4) is 0 Å². The molecule has 2 aromatic rings. The molecule has 0 spiro atoms. The molecule has 0 aromatic heterocycles. The molecule has 1 heterocycles. The summed E-state index contributed by atoms with van der Waals surface area (Å²) in [5, 5.41) is 13.6. The Balaban J connectivity index is 1.56. The van der Waals surface area contributed by atoms with E-state index in [9.17, 15) is 36.5 Å². The highest BCUT2D eigenvalue weighted by Crippen LogP contribution is 2.30. The average Bonchev–Trinajstić information content (AvgIpc) is 2.74. The number of piperazine rings is 1. The van der Waals surface area contributed by atoms with Crippen molar-refractivity contribution in [2.45, 2.75) is 18.0 Å². The van der Waals surface area contributed by atoms with E-state index in [1.165, 1.54) is 12.1 Å². The summed E-state index contributed by atoms with van der Waals surface area (Å²) in [5.41, 5.74) is -0.310. The molecule has 1 aliphatic heterocycles. The van der Waals surface area contributed by atoms with E-state index in [1.54, 1.807) is 17.9 Å². The summed E-state index contributed by atoms with van der Waals surface area (Å²) in [4.78, 5) is 24.3. The van der Waals surface area contributed by atoms with Gasteiger partial charge in [0.05, 0.1) is 21.9 Å². The third kappa shape index (κ3) is 5.86. The number of carbonyl (C=O) groups is 1. The molecule has 1 fully saturated rings. The van der Waals surface area contributed by atoms with Crippen LogP contribution in [0.25, 0.3) is 0 Å². The predicted octanol–water partition coefficient (Wildman–Crippen LogP) is 2.87. The van der Waals surface area contributed by atoms with Crippen molar-refractivity contribution in [2.75, 3.05) is 38.0 Å². The first kappa shape index (κ1) is 24.6. The number of anilines is 1. The van der Waals surface area contributed by atoms with Gasteiger partial charge in [0.15, 0.2) is 0 Å². The maximum atomic E-state index is 12.7. The third-order valence-corrected chi connectivity index (χ3v) is 7.12. The zero-order valence-electron chi connectivity index (χ0n) is 17.5. The number of nitrogens with zero attached hydrogens (tertiary/aromatic N) is 3. The van der Waals surface area contributed by atoms with Crippen molar-refractivity contribution >= 4 is 27.3 Å². The van der Waals surface area contributed by atoms with Crippen LogP contribution in [0.15, 0.2) is 47.4 Å². The quantitative estimate of drug-likeness (QED) is 0.496. The first-order valence-corrected chi connectivity index (χ1v) is 11.3. The fourth-order valence-electron chi connectivity index (χ4n) is 3.38. The molecule has 1 aliphatic rings. The topological polar surface area (TPSA) is 113 Å². The van der Waals surface area contributed by atoms with Gasteiger partial charge in [0.25, 0.3) is 5.69 Å². The summed E-state index contributed by atoms with van der Waals surface area (Å²) in [5.74, 6) is -0.410. The van der Waals surface area contributed by atoms with E-state index in [0.717, 1.165) is 28.6 Å². The molecular formula is C20H21F3N4O5S. The van der Waals surface area contributed by atoms with Crippen LogP contribution < -0.4 is 5.32 Å². The van der Waals surface area contributed by atoms with Gasteiger partial charge in [-0.15, -0.1) is 0 Å². The number of sulfonamides is 1. The molecule has 0 aliphatic carbocycles. The molecule has 0 bridgehead atoms. The second kappa shape index (κ2) is 9.45. The van der Waals surface area contributed by atoms with Crippen molar-refractivity contribution in [2.24, 2.45) is 0 Å². The lowest BCUT2D eigenvalue weighted by Gasteiger charge is -2.33. The Morgan fingerprint density at radius 3 is 2.24 bits per heavy atom. The number of rotatable bonds is 6. The highest BCUT2D eigenvalue weighted by Gasteiger charge is 2.32. The van der Waals surface area contributed by atoms with Crippen molar-refractivity contribution in [1.29, 1.82) is 0 Å². The minimum Gasteiger partial charge on any atom is -0.325 e. The summed E-state index contributed by atoms with van der Waals surface area (Å²) in [7, 11) is -3.97. The van der Waals surface area contributed by atoms with Crippen LogP contribution in [-0.4, -0.2) is 61.2 Å². The van der Waals surface area contributed by atoms with Crippen molar-refractivity contribution in [1.82, 2.24) is 9.21 Å². The second-order valence-corrected chi connectivity index (χ2v) is 9.45. The van der Waals surface area contributed by atoms with Gasteiger partial charge in [-0.3, -0.25) is 19.8 Å². The number of benzene rings is 2. The van der Waals surface area contributed by atoms with E-state index in [-0.39, 0.29) is 49.0 Å². The Labute approximate surface area is 188 Å². The van der Waals surface area contributed by atoms with Crippen LogP contribution in [0.1, 0.15) is 11.1 Å². The van der Waals surface area contributed by atoms with Gasteiger partial charge in [0.2, 0.25) is 15.9 Å². The van der Waals surface area contributed by atoms with E-state index >= 15 is 0 Å². The lowest BCUT2D eigenvalue weighted by atomic mass is 10.2. The molecule has 0 radical (unpaired) electrons. The van der Waals surface area contributed by atoms with Gasteiger partial charge in [-0.25, -0.2) is 8.42 Å². The first-order chi connectivity index (χ1) is 15.4. The number of halogens is 3. The van der Waals surface area contributed by atoms with Gasteiger partial charge in [0, 0.05) is 43.5 Å². The maximum Gasteiger partial charge on any atom is 0.416 e. The SMILES string of the molecule is Cc1ccc(NC(=O)CN2CCN(S(=O)(=O)c3ccc(C(F)(F)F)cc3)CC2)cc1[N+](=O)[O-]. The molecule has 1 amide bonds. The Morgan fingerprint density at radius 1 is 1.09 bits per heavy atom. The monoisotopic (exact) mass is 486 g/mol. The Morgan fingerprint density at radius 2 is 1.70 bits per heavy atom. The van der Waals surface area contributed by atoms with Crippen LogP contribution in [0.4, 0.5) is 24.5 Å². The molecule has 1 N–H and O–H groups in total. The molecule has 1 saturated heterocycles. The molecule has 9 nitrogen and oxygen atoms in total. The van der Waals surface area contributed by atoms with Gasteiger partial charge in [-0.05, 0) is 37.3 Å². The summed E-state index contributed by atoms with van der Waals surface area (Å²) in [6.45, 7) is 2.14. The number of carbonyl (C=O) groups excluding carboxylic acids is 1. The van der Waals surface area contributed by atoms with Crippen LogP contribution in [0.2, 0.25) is 0 Å². The number of hydrogen-bond donors (Lipinski definition) is 1. The van der Waals surface area contributed by atoms with Crippen LogP contribution in [0.5, 0.6) is 0 Å². The molecule has 0 atom stereocenters. The predicted molar refractivity (Wildman–Crippen MR) is 113 cm³/mol. The molecule has 2 aromatic carbocycles. The van der Waals surface area contributed by atoms with Gasteiger partial charge < -0.3 is 5.32 Å². The van der Waals surface area contributed by atoms with Gasteiger partial charge in [-0.2, -0.15) is 17.5 Å². The zero-order valence-corrected chi connectivity index (χ0v) is 18.3. The minimum atomic E-state index is -4.56. The molecule has 0 saturated carbocycles. The lowest BCUT2D eigenvalue weighted by Crippen LogP contribution is -2.50. The molecule has 3 rings (SSSR count). The zero-order chi connectivity index (χ0) is 24.4. The van der Waals surface area contributed by atoms with Crippen LogP contribution in [0, 0.1) is 17.0 Å². The number of nitro groups is 1. The fourth-order valence-corrected chi connectivity index (χ4v) is 4.80. The standard InChI is InChI=1S/C20H21F3N4O5S/c1-14-2-5-16(12-18(14)27(29)30)24-19(28)13-25-8-10-26(11-9-25)33(31,32)17-6-3-15(4-7-17)20(21,22)23/h2-7,12H,8-11,13H2,1H3,(H,24,28). The van der Waals surface area contributed by atoms with E-state index in [0.29, 0.717) is 5.56 Å². The number of nitrogens with one attached hydrogen (secondary N) is 1. The first-order valence-electron chi connectivity index (χ1n) is 9.82. The molecule has 33 heavy (non-hydrogen) atoms. The summed E-state index contributed by atoms with van der Waals surface area (Å²) < 4.78 is 64.7. The van der Waals surface area contributed by atoms with Crippen molar-refractivity contribution in [3.05, 3.63) is 63.7 Å². The van der Waals surface area contributed by atoms with E-state index < -0.39 is 32.6 Å². The Hall–Kier alpha value is -3.03. The largest absolute Gasteiger partial charge is 0.416 e. The molecule has 0 unspecified atom stereocenters. The van der Waals surface area contributed by atoms with Crippen LogP contribution >= 0.6 is 0 Å². The smallest absolute Gasteiger partial charge is 0.325 e. The Bertz CT molecular complexity index is 1150. The maximum absolute atomic E-state index is 12.7. The Kier molecular flexibility index (Phi) is 7.05. The summed E-state index contributed by atoms with van der Waals surface area (Å²) in [6.07, 6.45) is -4.56. The third-order valence-electron chi connectivity index (χ3n) is 5.21. The second-order valence-electron chi connectivity index (χ2n) is 7.51. The van der Waals surface area contributed by atoms with Gasteiger partial charge in [-0.1, -0.05) is 6.07 Å². The number of aryl methyl sites for hydroxylation is 1. The number of hydrogen-bond acceptors (Lipinski definition) is 6. The number of alkyl halides is 3. The summed E-state index contributed by atoms with van der Waals surface area (Å²) >= 11 is 0. The molecule has 13 heteroatoms. The highest BCUT2D eigenvalue weighted by atomic mass is 32.2. The minimum absolute atomic E-state index is 0.0458. The van der Waals surface area contributed by atoms with Gasteiger partial charge >= 0.3 is 6.18 Å². The van der Waals surface area contributed by atoms with E-state index in [2.05, 4.69) is 5.32 Å².